The van der Waals surface area contributed by atoms with E-state index in [1.54, 1.807) is 12.1 Å². The van der Waals surface area contributed by atoms with Crippen LogP contribution in [0.5, 0.6) is 11.5 Å². The Bertz CT molecular complexity index is 1280. The lowest BCUT2D eigenvalue weighted by Gasteiger charge is -2.17. The molecule has 6 nitrogen and oxygen atoms in total. The number of ether oxygens (including phenoxy) is 2. The fraction of sp³-hybridized carbons (Fsp3) is 0.259. The van der Waals surface area contributed by atoms with E-state index in [0.717, 1.165) is 39.5 Å². The molecule has 0 bridgehead atoms. The third-order valence-electron chi connectivity index (χ3n) is 5.55. The Kier molecular flexibility index (Phi) is 7.38. The Balaban J connectivity index is 1.43. The van der Waals surface area contributed by atoms with Crippen molar-refractivity contribution < 1.29 is 14.3 Å². The van der Waals surface area contributed by atoms with Crippen molar-refractivity contribution in [1.82, 2.24) is 14.9 Å². The molecule has 1 amide bonds. The van der Waals surface area contributed by atoms with Crippen LogP contribution in [0.15, 0.2) is 66.7 Å². The standard InChI is InChI=1S/C27H28ClN3O3/c1-18-8-9-19(2)25(16-18)34-17-26(32)29-20(3)27-30-23-6-4-5-7-24(23)31(27)14-15-33-22-12-10-21(28)11-13-22/h4-13,16,20H,14-15,17H2,1-3H3,(H,29,32). The smallest absolute Gasteiger partial charge is 0.258 e. The highest BCUT2D eigenvalue weighted by atomic mass is 35.5. The quantitative estimate of drug-likeness (QED) is 0.338. The van der Waals surface area contributed by atoms with Crippen molar-refractivity contribution in [3.63, 3.8) is 0 Å². The highest BCUT2D eigenvalue weighted by Crippen LogP contribution is 2.22. The van der Waals surface area contributed by atoms with Gasteiger partial charge in [0.05, 0.1) is 23.6 Å². The molecule has 1 unspecified atom stereocenters. The van der Waals surface area contributed by atoms with E-state index in [4.69, 9.17) is 26.1 Å². The molecule has 1 heterocycles. The molecule has 0 aliphatic rings. The van der Waals surface area contributed by atoms with Crippen LogP contribution in [-0.4, -0.2) is 28.7 Å². The fourth-order valence-corrected chi connectivity index (χ4v) is 3.93. The van der Waals surface area contributed by atoms with Crippen LogP contribution >= 0.6 is 11.6 Å². The summed E-state index contributed by atoms with van der Waals surface area (Å²) in [7, 11) is 0. The number of para-hydroxylation sites is 2. The van der Waals surface area contributed by atoms with Crippen molar-refractivity contribution in [2.45, 2.75) is 33.4 Å². The molecule has 1 atom stereocenters. The van der Waals surface area contributed by atoms with Gasteiger partial charge < -0.3 is 19.4 Å². The Labute approximate surface area is 204 Å². The number of hydrogen-bond donors (Lipinski definition) is 1. The molecule has 0 spiro atoms. The number of amides is 1. The van der Waals surface area contributed by atoms with E-state index in [1.165, 1.54) is 0 Å². The van der Waals surface area contributed by atoms with Gasteiger partial charge in [0, 0.05) is 5.02 Å². The molecule has 0 radical (unpaired) electrons. The molecule has 0 saturated heterocycles. The molecular weight excluding hydrogens is 450 g/mol. The van der Waals surface area contributed by atoms with Crippen LogP contribution in [0.1, 0.15) is 29.9 Å². The summed E-state index contributed by atoms with van der Waals surface area (Å²) in [5.41, 5.74) is 3.94. The molecule has 4 aromatic rings. The van der Waals surface area contributed by atoms with Gasteiger partial charge in [-0.2, -0.15) is 0 Å². The number of imidazole rings is 1. The normalized spacial score (nSPS) is 11.9. The first-order chi connectivity index (χ1) is 16.4. The number of aryl methyl sites for hydroxylation is 2. The van der Waals surface area contributed by atoms with Gasteiger partial charge in [-0.15, -0.1) is 0 Å². The van der Waals surface area contributed by atoms with Gasteiger partial charge in [-0.25, -0.2) is 4.98 Å². The third-order valence-corrected chi connectivity index (χ3v) is 5.80. The summed E-state index contributed by atoms with van der Waals surface area (Å²) >= 11 is 5.95. The molecule has 3 aromatic carbocycles. The van der Waals surface area contributed by atoms with Crippen molar-refractivity contribution in [2.24, 2.45) is 0 Å². The summed E-state index contributed by atoms with van der Waals surface area (Å²) in [6.07, 6.45) is 0. The largest absolute Gasteiger partial charge is 0.492 e. The molecule has 4 rings (SSSR count). The Hall–Kier alpha value is -3.51. The molecule has 0 aliphatic heterocycles. The predicted molar refractivity (Wildman–Crippen MR) is 135 cm³/mol. The third kappa shape index (κ3) is 5.69. The zero-order valence-corrected chi connectivity index (χ0v) is 20.3. The van der Waals surface area contributed by atoms with E-state index < -0.39 is 0 Å². The van der Waals surface area contributed by atoms with Crippen molar-refractivity contribution in [3.8, 4) is 11.5 Å². The van der Waals surface area contributed by atoms with Crippen LogP contribution in [0.25, 0.3) is 11.0 Å². The second kappa shape index (κ2) is 10.6. The van der Waals surface area contributed by atoms with Gasteiger partial charge in [-0.05, 0) is 74.4 Å². The first kappa shape index (κ1) is 23.6. The summed E-state index contributed by atoms with van der Waals surface area (Å²) in [5.74, 6) is 2.03. The van der Waals surface area contributed by atoms with Gasteiger partial charge in [-0.1, -0.05) is 35.9 Å². The van der Waals surface area contributed by atoms with Crippen LogP contribution in [0.4, 0.5) is 0 Å². The number of fused-ring (bicyclic) bond motifs is 1. The van der Waals surface area contributed by atoms with Crippen molar-refractivity contribution in [3.05, 3.63) is 88.7 Å². The van der Waals surface area contributed by atoms with Gasteiger partial charge in [0.15, 0.2) is 6.61 Å². The Morgan fingerprint density at radius 2 is 1.82 bits per heavy atom. The molecular formula is C27H28ClN3O3. The fourth-order valence-electron chi connectivity index (χ4n) is 3.80. The van der Waals surface area contributed by atoms with Gasteiger partial charge in [0.1, 0.15) is 23.9 Å². The lowest BCUT2D eigenvalue weighted by molar-refractivity contribution is -0.123. The second-order valence-corrected chi connectivity index (χ2v) is 8.70. The number of halogens is 1. The first-order valence-corrected chi connectivity index (χ1v) is 11.6. The zero-order valence-electron chi connectivity index (χ0n) is 19.5. The maximum absolute atomic E-state index is 12.6. The highest BCUT2D eigenvalue weighted by Gasteiger charge is 2.19. The van der Waals surface area contributed by atoms with Gasteiger partial charge in [0.25, 0.3) is 5.91 Å². The summed E-state index contributed by atoms with van der Waals surface area (Å²) in [4.78, 5) is 17.4. The highest BCUT2D eigenvalue weighted by molar-refractivity contribution is 6.30. The Morgan fingerprint density at radius 3 is 2.62 bits per heavy atom. The number of aromatic nitrogens is 2. The zero-order chi connectivity index (χ0) is 24.1. The molecule has 34 heavy (non-hydrogen) atoms. The Morgan fingerprint density at radius 1 is 1.06 bits per heavy atom. The topological polar surface area (TPSA) is 65.4 Å². The lowest BCUT2D eigenvalue weighted by atomic mass is 10.1. The van der Waals surface area contributed by atoms with Crippen molar-refractivity contribution in [1.29, 1.82) is 0 Å². The van der Waals surface area contributed by atoms with Gasteiger partial charge in [0.2, 0.25) is 0 Å². The van der Waals surface area contributed by atoms with Gasteiger partial charge >= 0.3 is 0 Å². The van der Waals surface area contributed by atoms with E-state index in [1.807, 2.05) is 75.4 Å². The second-order valence-electron chi connectivity index (χ2n) is 8.26. The number of carbonyl (C=O) groups excluding carboxylic acids is 1. The van der Waals surface area contributed by atoms with Crippen LogP contribution in [0, 0.1) is 13.8 Å². The number of carbonyl (C=O) groups is 1. The lowest BCUT2D eigenvalue weighted by Crippen LogP contribution is -2.33. The average molecular weight is 478 g/mol. The number of benzene rings is 3. The first-order valence-electron chi connectivity index (χ1n) is 11.2. The van der Waals surface area contributed by atoms with E-state index >= 15 is 0 Å². The molecule has 1 aromatic heterocycles. The van der Waals surface area contributed by atoms with E-state index in [0.29, 0.717) is 18.2 Å². The van der Waals surface area contributed by atoms with Crippen LogP contribution in [0.3, 0.4) is 0 Å². The monoisotopic (exact) mass is 477 g/mol. The van der Waals surface area contributed by atoms with Crippen LogP contribution in [0.2, 0.25) is 5.02 Å². The van der Waals surface area contributed by atoms with Gasteiger partial charge in [-0.3, -0.25) is 4.79 Å². The summed E-state index contributed by atoms with van der Waals surface area (Å²) in [6.45, 7) is 6.85. The number of hydrogen-bond acceptors (Lipinski definition) is 4. The summed E-state index contributed by atoms with van der Waals surface area (Å²) < 4.78 is 13.7. The maximum Gasteiger partial charge on any atom is 0.258 e. The van der Waals surface area contributed by atoms with E-state index in [2.05, 4.69) is 9.88 Å². The van der Waals surface area contributed by atoms with Crippen molar-refractivity contribution >= 4 is 28.5 Å². The molecule has 0 aliphatic carbocycles. The predicted octanol–water partition coefficient (Wildman–Crippen LogP) is 5.64. The molecule has 0 saturated carbocycles. The molecule has 176 valence electrons. The van der Waals surface area contributed by atoms with Crippen molar-refractivity contribution in [2.75, 3.05) is 13.2 Å². The van der Waals surface area contributed by atoms with Crippen LogP contribution in [-0.2, 0) is 11.3 Å². The number of rotatable bonds is 9. The van der Waals surface area contributed by atoms with E-state index in [9.17, 15) is 4.79 Å². The minimum Gasteiger partial charge on any atom is -0.492 e. The maximum atomic E-state index is 12.6. The SMILES string of the molecule is Cc1ccc(C)c(OCC(=O)NC(C)c2nc3ccccc3n2CCOc2ccc(Cl)cc2)c1. The summed E-state index contributed by atoms with van der Waals surface area (Å²) in [6, 6.07) is 20.8. The molecule has 1 N–H and O–H groups in total. The minimum atomic E-state index is -0.308. The number of nitrogens with one attached hydrogen (secondary N) is 1. The molecule has 7 heteroatoms. The molecule has 0 fully saturated rings. The summed E-state index contributed by atoms with van der Waals surface area (Å²) in [5, 5.41) is 3.68. The number of nitrogens with zero attached hydrogens (tertiary/aromatic N) is 2. The minimum absolute atomic E-state index is 0.0610. The average Bonchev–Trinajstić information content (AvgIpc) is 3.20. The van der Waals surface area contributed by atoms with Crippen LogP contribution < -0.4 is 14.8 Å². The van der Waals surface area contributed by atoms with E-state index in [-0.39, 0.29) is 18.6 Å².